The van der Waals surface area contributed by atoms with E-state index in [-0.39, 0.29) is 5.38 Å². The lowest BCUT2D eigenvalue weighted by molar-refractivity contribution is 0.399. The second-order valence-corrected chi connectivity index (χ2v) is 5.84. The molecule has 0 spiro atoms. The zero-order valence-electron chi connectivity index (χ0n) is 9.94. The molecule has 2 rings (SSSR count). The zero-order chi connectivity index (χ0) is 13.1. The highest BCUT2D eigenvalue weighted by atomic mass is 79.9. The number of thiophene rings is 1. The lowest BCUT2D eigenvalue weighted by Gasteiger charge is -2.14. The zero-order valence-corrected chi connectivity index (χ0v) is 13.1. The molecule has 2 aromatic rings. The second kappa shape index (κ2) is 5.95. The summed E-state index contributed by atoms with van der Waals surface area (Å²) in [4.78, 5) is 1.06. The third-order valence-electron chi connectivity index (χ3n) is 2.58. The molecule has 0 aliphatic rings. The predicted octanol–water partition coefficient (Wildman–Crippen LogP) is 4.86. The first-order valence-electron chi connectivity index (χ1n) is 5.26. The molecular formula is C13H12BrClO2S. The lowest BCUT2D eigenvalue weighted by atomic mass is 10.1. The van der Waals surface area contributed by atoms with Crippen molar-refractivity contribution >= 4 is 38.9 Å². The van der Waals surface area contributed by atoms with E-state index in [1.807, 2.05) is 29.6 Å². The number of benzene rings is 1. The third kappa shape index (κ3) is 2.66. The van der Waals surface area contributed by atoms with Gasteiger partial charge in [0, 0.05) is 14.9 Å². The summed E-state index contributed by atoms with van der Waals surface area (Å²) in [7, 11) is 3.27. The summed E-state index contributed by atoms with van der Waals surface area (Å²) in [6, 6.07) is 7.62. The van der Waals surface area contributed by atoms with Crippen LogP contribution < -0.4 is 9.47 Å². The van der Waals surface area contributed by atoms with Crippen molar-refractivity contribution in [2.45, 2.75) is 5.38 Å². The minimum Gasteiger partial charge on any atom is -0.497 e. The molecule has 1 unspecified atom stereocenters. The molecule has 0 aliphatic heterocycles. The van der Waals surface area contributed by atoms with Crippen LogP contribution in [0.4, 0.5) is 0 Å². The van der Waals surface area contributed by atoms with Gasteiger partial charge in [0.25, 0.3) is 0 Å². The minimum absolute atomic E-state index is 0.260. The number of halogens is 2. The number of alkyl halides is 1. The standard InChI is InChI=1S/C13H12BrClO2S/c1-16-8-3-4-11(17-2)9(7-8)12(15)13-10(14)5-6-18-13/h3-7,12H,1-2H3. The Morgan fingerprint density at radius 2 is 2.00 bits per heavy atom. The highest BCUT2D eigenvalue weighted by molar-refractivity contribution is 9.10. The van der Waals surface area contributed by atoms with Gasteiger partial charge in [-0.25, -0.2) is 0 Å². The van der Waals surface area contributed by atoms with Crippen LogP contribution in [0.5, 0.6) is 11.5 Å². The van der Waals surface area contributed by atoms with E-state index in [1.54, 1.807) is 25.6 Å². The van der Waals surface area contributed by atoms with E-state index in [9.17, 15) is 0 Å². The van der Waals surface area contributed by atoms with Crippen LogP contribution in [0, 0.1) is 0 Å². The van der Waals surface area contributed by atoms with Crippen LogP contribution in [-0.2, 0) is 0 Å². The Bertz CT molecular complexity index is 542. The summed E-state index contributed by atoms with van der Waals surface area (Å²) < 4.78 is 11.6. The maximum absolute atomic E-state index is 6.54. The fourth-order valence-corrected chi connectivity index (χ4v) is 3.83. The Hall–Kier alpha value is -0.710. The van der Waals surface area contributed by atoms with Crippen molar-refractivity contribution in [1.82, 2.24) is 0 Å². The largest absolute Gasteiger partial charge is 0.497 e. The number of hydrogen-bond acceptors (Lipinski definition) is 3. The van der Waals surface area contributed by atoms with Gasteiger partial charge in [-0.15, -0.1) is 22.9 Å². The monoisotopic (exact) mass is 346 g/mol. The second-order valence-electron chi connectivity index (χ2n) is 3.60. The number of rotatable bonds is 4. The number of methoxy groups -OCH3 is 2. The van der Waals surface area contributed by atoms with Crippen LogP contribution in [0.2, 0.25) is 0 Å². The SMILES string of the molecule is COc1ccc(OC)c(C(Cl)c2sccc2Br)c1. The Labute approximate surface area is 124 Å². The summed E-state index contributed by atoms with van der Waals surface area (Å²) >= 11 is 11.6. The van der Waals surface area contributed by atoms with Crippen LogP contribution in [0.15, 0.2) is 34.1 Å². The van der Waals surface area contributed by atoms with Gasteiger partial charge in [0.2, 0.25) is 0 Å². The minimum atomic E-state index is -0.260. The highest BCUT2D eigenvalue weighted by Crippen LogP contribution is 2.42. The molecule has 0 amide bonds. The van der Waals surface area contributed by atoms with Gasteiger partial charge in [-0.05, 0) is 45.6 Å². The van der Waals surface area contributed by atoms with Crippen LogP contribution in [-0.4, -0.2) is 14.2 Å². The van der Waals surface area contributed by atoms with Crippen molar-refractivity contribution in [2.75, 3.05) is 14.2 Å². The van der Waals surface area contributed by atoms with Gasteiger partial charge in [-0.3, -0.25) is 0 Å². The Morgan fingerprint density at radius 1 is 1.22 bits per heavy atom. The van der Waals surface area contributed by atoms with E-state index in [0.717, 1.165) is 26.4 Å². The van der Waals surface area contributed by atoms with Crippen molar-refractivity contribution in [3.63, 3.8) is 0 Å². The normalized spacial score (nSPS) is 12.2. The van der Waals surface area contributed by atoms with Crippen LogP contribution in [0.25, 0.3) is 0 Å². The summed E-state index contributed by atoms with van der Waals surface area (Å²) in [6.45, 7) is 0. The van der Waals surface area contributed by atoms with Crippen molar-refractivity contribution in [2.24, 2.45) is 0 Å². The average molecular weight is 348 g/mol. The lowest BCUT2D eigenvalue weighted by Crippen LogP contribution is -1.97. The molecular weight excluding hydrogens is 336 g/mol. The first-order valence-corrected chi connectivity index (χ1v) is 7.37. The van der Waals surface area contributed by atoms with E-state index in [1.165, 1.54) is 0 Å². The molecule has 0 aliphatic carbocycles. The molecule has 1 aromatic heterocycles. The molecule has 1 aromatic carbocycles. The van der Waals surface area contributed by atoms with Gasteiger partial charge in [0.05, 0.1) is 19.6 Å². The van der Waals surface area contributed by atoms with Crippen LogP contribution in [0.1, 0.15) is 15.8 Å². The number of hydrogen-bond donors (Lipinski definition) is 0. The summed E-state index contributed by atoms with van der Waals surface area (Å²) in [5.74, 6) is 1.53. The molecule has 0 N–H and O–H groups in total. The molecule has 0 saturated carbocycles. The molecule has 0 saturated heterocycles. The van der Waals surface area contributed by atoms with Gasteiger partial charge in [0.1, 0.15) is 11.5 Å². The van der Waals surface area contributed by atoms with Crippen LogP contribution >= 0.6 is 38.9 Å². The maximum Gasteiger partial charge on any atom is 0.124 e. The van der Waals surface area contributed by atoms with E-state index < -0.39 is 0 Å². The van der Waals surface area contributed by atoms with Gasteiger partial charge < -0.3 is 9.47 Å². The Morgan fingerprint density at radius 3 is 2.56 bits per heavy atom. The number of ether oxygens (including phenoxy) is 2. The summed E-state index contributed by atoms with van der Waals surface area (Å²) in [5.41, 5.74) is 0.904. The van der Waals surface area contributed by atoms with Crippen molar-refractivity contribution in [3.8, 4) is 11.5 Å². The topological polar surface area (TPSA) is 18.5 Å². The average Bonchev–Trinajstić information content (AvgIpc) is 2.83. The van der Waals surface area contributed by atoms with E-state index in [0.29, 0.717) is 0 Å². The summed E-state index contributed by atoms with van der Waals surface area (Å²) in [5, 5.41) is 1.74. The molecule has 2 nitrogen and oxygen atoms in total. The van der Waals surface area contributed by atoms with Crippen molar-refractivity contribution < 1.29 is 9.47 Å². The first-order chi connectivity index (χ1) is 8.67. The van der Waals surface area contributed by atoms with Crippen molar-refractivity contribution in [3.05, 3.63) is 44.6 Å². The van der Waals surface area contributed by atoms with Crippen LogP contribution in [0.3, 0.4) is 0 Å². The molecule has 96 valence electrons. The fraction of sp³-hybridized carbons (Fsp3) is 0.231. The fourth-order valence-electron chi connectivity index (χ4n) is 1.66. The van der Waals surface area contributed by atoms with E-state index in [2.05, 4.69) is 15.9 Å². The Balaban J connectivity index is 2.45. The molecule has 0 fully saturated rings. The van der Waals surface area contributed by atoms with Crippen molar-refractivity contribution in [1.29, 1.82) is 0 Å². The van der Waals surface area contributed by atoms with Gasteiger partial charge in [0.15, 0.2) is 0 Å². The predicted molar refractivity (Wildman–Crippen MR) is 79.3 cm³/mol. The Kier molecular flexibility index (Phi) is 4.54. The molecule has 18 heavy (non-hydrogen) atoms. The highest BCUT2D eigenvalue weighted by Gasteiger charge is 2.20. The third-order valence-corrected chi connectivity index (χ3v) is 5.10. The van der Waals surface area contributed by atoms with E-state index in [4.69, 9.17) is 21.1 Å². The van der Waals surface area contributed by atoms with Gasteiger partial charge >= 0.3 is 0 Å². The summed E-state index contributed by atoms with van der Waals surface area (Å²) in [6.07, 6.45) is 0. The quantitative estimate of drug-likeness (QED) is 0.736. The molecule has 0 radical (unpaired) electrons. The molecule has 1 heterocycles. The van der Waals surface area contributed by atoms with Gasteiger partial charge in [-0.2, -0.15) is 0 Å². The molecule has 1 atom stereocenters. The first kappa shape index (κ1) is 13.7. The molecule has 5 heteroatoms. The smallest absolute Gasteiger partial charge is 0.124 e. The maximum atomic E-state index is 6.54. The van der Waals surface area contributed by atoms with Gasteiger partial charge in [-0.1, -0.05) is 0 Å². The molecule has 0 bridgehead atoms. The van der Waals surface area contributed by atoms with E-state index >= 15 is 0 Å².